The SMILES string of the molecule is O=C(NCC1CCCN1c1ccccc1)c1ccc(Br)o1. The fourth-order valence-corrected chi connectivity index (χ4v) is 3.05. The number of benzene rings is 1. The molecule has 4 nitrogen and oxygen atoms in total. The summed E-state index contributed by atoms with van der Waals surface area (Å²) in [5, 5.41) is 2.96. The number of halogens is 1. The molecule has 1 atom stereocenters. The normalized spacial score (nSPS) is 18.0. The molecule has 110 valence electrons. The van der Waals surface area contributed by atoms with Gasteiger partial charge in [-0.25, -0.2) is 0 Å². The van der Waals surface area contributed by atoms with E-state index in [2.05, 4.69) is 38.3 Å². The van der Waals surface area contributed by atoms with Crippen molar-refractivity contribution < 1.29 is 9.21 Å². The van der Waals surface area contributed by atoms with Crippen LogP contribution in [-0.4, -0.2) is 25.0 Å². The Morgan fingerprint density at radius 2 is 2.10 bits per heavy atom. The Morgan fingerprint density at radius 3 is 2.81 bits per heavy atom. The van der Waals surface area contributed by atoms with Crippen LogP contribution in [0.1, 0.15) is 23.4 Å². The van der Waals surface area contributed by atoms with Crippen LogP contribution >= 0.6 is 15.9 Å². The molecule has 1 aromatic heterocycles. The molecule has 5 heteroatoms. The molecule has 1 aliphatic rings. The van der Waals surface area contributed by atoms with E-state index in [1.165, 1.54) is 5.69 Å². The lowest BCUT2D eigenvalue weighted by atomic mass is 10.2. The molecule has 1 aliphatic heterocycles. The quantitative estimate of drug-likeness (QED) is 0.920. The summed E-state index contributed by atoms with van der Waals surface area (Å²) in [6.45, 7) is 1.67. The van der Waals surface area contributed by atoms with Crippen molar-refractivity contribution in [1.82, 2.24) is 5.32 Å². The van der Waals surface area contributed by atoms with Crippen LogP contribution in [0.2, 0.25) is 0 Å². The third-order valence-electron chi connectivity index (χ3n) is 3.76. The molecular weight excluding hydrogens is 332 g/mol. The predicted molar refractivity (Wildman–Crippen MR) is 85.6 cm³/mol. The van der Waals surface area contributed by atoms with E-state index in [0.717, 1.165) is 19.4 Å². The molecule has 1 fully saturated rings. The van der Waals surface area contributed by atoms with Crippen LogP contribution < -0.4 is 10.2 Å². The first-order chi connectivity index (χ1) is 10.2. The van der Waals surface area contributed by atoms with Crippen molar-refractivity contribution in [1.29, 1.82) is 0 Å². The predicted octanol–water partition coefficient (Wildman–Crippen LogP) is 3.44. The van der Waals surface area contributed by atoms with Crippen molar-refractivity contribution in [2.45, 2.75) is 18.9 Å². The highest BCUT2D eigenvalue weighted by atomic mass is 79.9. The van der Waals surface area contributed by atoms with Crippen LogP contribution in [0.3, 0.4) is 0 Å². The number of rotatable bonds is 4. The maximum atomic E-state index is 12.0. The lowest BCUT2D eigenvalue weighted by molar-refractivity contribution is 0.0922. The average Bonchev–Trinajstić information content (AvgIpc) is 3.14. The molecule has 1 N–H and O–H groups in total. The fraction of sp³-hybridized carbons (Fsp3) is 0.312. The van der Waals surface area contributed by atoms with Crippen LogP contribution in [0.15, 0.2) is 51.6 Å². The highest BCUT2D eigenvalue weighted by molar-refractivity contribution is 9.10. The molecule has 1 saturated heterocycles. The first-order valence-electron chi connectivity index (χ1n) is 7.09. The van der Waals surface area contributed by atoms with Crippen molar-refractivity contribution in [3.05, 3.63) is 52.9 Å². The number of nitrogens with zero attached hydrogens (tertiary/aromatic N) is 1. The number of hydrogen-bond acceptors (Lipinski definition) is 3. The van der Waals surface area contributed by atoms with Gasteiger partial charge in [0, 0.05) is 24.8 Å². The Balaban J connectivity index is 1.61. The maximum absolute atomic E-state index is 12.0. The topological polar surface area (TPSA) is 45.5 Å². The van der Waals surface area contributed by atoms with E-state index < -0.39 is 0 Å². The summed E-state index contributed by atoms with van der Waals surface area (Å²) in [6, 6.07) is 14.1. The van der Waals surface area contributed by atoms with E-state index in [1.807, 2.05) is 18.2 Å². The van der Waals surface area contributed by atoms with Crippen LogP contribution in [0.5, 0.6) is 0 Å². The second-order valence-corrected chi connectivity index (χ2v) is 5.92. The molecular formula is C16H17BrN2O2. The van der Waals surface area contributed by atoms with E-state index in [9.17, 15) is 4.79 Å². The summed E-state index contributed by atoms with van der Waals surface area (Å²) in [7, 11) is 0. The van der Waals surface area contributed by atoms with E-state index in [4.69, 9.17) is 4.42 Å². The minimum atomic E-state index is -0.166. The Bertz CT molecular complexity index is 612. The van der Waals surface area contributed by atoms with Gasteiger partial charge in [0.25, 0.3) is 5.91 Å². The molecule has 2 heterocycles. The van der Waals surface area contributed by atoms with Crippen molar-refractivity contribution in [2.24, 2.45) is 0 Å². The molecule has 0 saturated carbocycles. The van der Waals surface area contributed by atoms with Gasteiger partial charge in [-0.1, -0.05) is 18.2 Å². The molecule has 0 spiro atoms. The maximum Gasteiger partial charge on any atom is 0.287 e. The first kappa shape index (κ1) is 14.2. The van der Waals surface area contributed by atoms with E-state index in [-0.39, 0.29) is 5.91 Å². The first-order valence-corrected chi connectivity index (χ1v) is 7.88. The van der Waals surface area contributed by atoms with E-state index in [1.54, 1.807) is 12.1 Å². The van der Waals surface area contributed by atoms with Crippen molar-refractivity contribution in [3.63, 3.8) is 0 Å². The molecule has 0 radical (unpaired) electrons. The van der Waals surface area contributed by atoms with Gasteiger partial charge in [0.1, 0.15) is 0 Å². The van der Waals surface area contributed by atoms with Crippen LogP contribution in [-0.2, 0) is 0 Å². The second kappa shape index (κ2) is 6.35. The summed E-state index contributed by atoms with van der Waals surface area (Å²) >= 11 is 3.20. The number of para-hydroxylation sites is 1. The van der Waals surface area contributed by atoms with Gasteiger partial charge < -0.3 is 14.6 Å². The van der Waals surface area contributed by atoms with Crippen LogP contribution in [0.4, 0.5) is 5.69 Å². The number of carbonyl (C=O) groups excluding carboxylic acids is 1. The highest BCUT2D eigenvalue weighted by Crippen LogP contribution is 2.24. The molecule has 2 aromatic rings. The number of hydrogen-bond donors (Lipinski definition) is 1. The number of carbonyl (C=O) groups is 1. The van der Waals surface area contributed by atoms with Gasteiger partial charge in [-0.2, -0.15) is 0 Å². The monoisotopic (exact) mass is 348 g/mol. The third-order valence-corrected chi connectivity index (χ3v) is 4.19. The lowest BCUT2D eigenvalue weighted by Gasteiger charge is -2.26. The van der Waals surface area contributed by atoms with Gasteiger partial charge in [0.05, 0.1) is 0 Å². The molecule has 1 aromatic carbocycles. The van der Waals surface area contributed by atoms with Gasteiger partial charge in [-0.15, -0.1) is 0 Å². The zero-order chi connectivity index (χ0) is 14.7. The summed E-state index contributed by atoms with van der Waals surface area (Å²) in [5.41, 5.74) is 1.22. The number of anilines is 1. The Morgan fingerprint density at radius 1 is 1.29 bits per heavy atom. The summed E-state index contributed by atoms with van der Waals surface area (Å²) in [5.74, 6) is 0.173. The van der Waals surface area contributed by atoms with Crippen LogP contribution in [0.25, 0.3) is 0 Å². The average molecular weight is 349 g/mol. The summed E-state index contributed by atoms with van der Waals surface area (Å²) < 4.78 is 5.83. The summed E-state index contributed by atoms with van der Waals surface area (Å²) in [4.78, 5) is 14.4. The zero-order valence-corrected chi connectivity index (χ0v) is 13.2. The summed E-state index contributed by atoms with van der Waals surface area (Å²) in [6.07, 6.45) is 2.25. The minimum absolute atomic E-state index is 0.166. The Labute approximate surface area is 132 Å². The van der Waals surface area contributed by atoms with Gasteiger partial charge in [0.15, 0.2) is 10.4 Å². The van der Waals surface area contributed by atoms with E-state index in [0.29, 0.717) is 23.0 Å². The zero-order valence-electron chi connectivity index (χ0n) is 11.6. The molecule has 21 heavy (non-hydrogen) atoms. The molecule has 1 amide bonds. The van der Waals surface area contributed by atoms with Gasteiger partial charge in [0.2, 0.25) is 0 Å². The van der Waals surface area contributed by atoms with Crippen LogP contribution in [0, 0.1) is 0 Å². The second-order valence-electron chi connectivity index (χ2n) is 5.14. The lowest BCUT2D eigenvalue weighted by Crippen LogP contribution is -2.40. The molecule has 0 bridgehead atoms. The number of amides is 1. The van der Waals surface area contributed by atoms with Crippen molar-refractivity contribution in [3.8, 4) is 0 Å². The largest absolute Gasteiger partial charge is 0.444 e. The third kappa shape index (κ3) is 3.29. The molecule has 1 unspecified atom stereocenters. The minimum Gasteiger partial charge on any atom is -0.444 e. The van der Waals surface area contributed by atoms with E-state index >= 15 is 0 Å². The standard InChI is InChI=1S/C16H17BrN2O2/c17-15-9-8-14(21-15)16(20)18-11-13-7-4-10-19(13)12-5-2-1-3-6-12/h1-3,5-6,8-9,13H,4,7,10-11H2,(H,18,20). The van der Waals surface area contributed by atoms with Crippen molar-refractivity contribution in [2.75, 3.05) is 18.0 Å². The van der Waals surface area contributed by atoms with Gasteiger partial charge in [-0.3, -0.25) is 4.79 Å². The van der Waals surface area contributed by atoms with Crippen molar-refractivity contribution >= 4 is 27.5 Å². The number of furan rings is 1. The van der Waals surface area contributed by atoms with Gasteiger partial charge in [-0.05, 0) is 53.0 Å². The fourth-order valence-electron chi connectivity index (χ4n) is 2.74. The number of nitrogens with one attached hydrogen (secondary N) is 1. The molecule has 3 rings (SSSR count). The Hall–Kier alpha value is -1.75. The molecule has 0 aliphatic carbocycles. The Kier molecular flexibility index (Phi) is 4.29. The smallest absolute Gasteiger partial charge is 0.287 e. The highest BCUT2D eigenvalue weighted by Gasteiger charge is 2.25. The van der Waals surface area contributed by atoms with Gasteiger partial charge >= 0.3 is 0 Å².